The number of aromatic nitrogens is 1. The molecule has 1 aliphatic rings. The van der Waals surface area contributed by atoms with Crippen LogP contribution in [-0.2, 0) is 19.1 Å². The number of ether oxygens (including phenoxy) is 2. The van der Waals surface area contributed by atoms with Crippen molar-refractivity contribution in [3.8, 4) is 0 Å². The van der Waals surface area contributed by atoms with Gasteiger partial charge in [-0.05, 0) is 12.2 Å². The van der Waals surface area contributed by atoms with Crippen molar-refractivity contribution >= 4 is 29.3 Å². The Morgan fingerprint density at radius 3 is 2.79 bits per heavy atom. The van der Waals surface area contributed by atoms with Crippen LogP contribution in [0.1, 0.15) is 11.9 Å². The monoisotopic (exact) mass is 414 g/mol. The Bertz CT molecular complexity index is 721. The largest absolute Gasteiger partial charge is 0.478 e. The SMILES string of the molecule is CC(=O)NC1C(OC/C=C/c2nccs2)C=C(C(=O)O)O[C@H]1C(O)C(O)CO. The number of carboxylic acid groups (broad SMARTS) is 1. The lowest BCUT2D eigenvalue weighted by molar-refractivity contribution is -0.151. The molecule has 2 rings (SSSR count). The standard InChI is InChI=1S/C17H22N2O8S/c1-9(21)19-14-11(26-5-2-3-13-18-4-6-28-13)7-12(17(24)25)27-16(14)15(23)10(22)8-20/h2-4,6-7,10-11,14-16,20,22-23H,5,8H2,1H3,(H,19,21)(H,24,25)/b3-2+/t10?,11?,14?,15?,16-/m1/s1. The maximum absolute atomic E-state index is 11.6. The number of rotatable bonds is 9. The van der Waals surface area contributed by atoms with Gasteiger partial charge >= 0.3 is 5.97 Å². The molecule has 0 saturated carbocycles. The number of carboxylic acids is 1. The molecule has 0 fully saturated rings. The number of hydrogen-bond acceptors (Lipinski definition) is 9. The first-order valence-corrected chi connectivity index (χ1v) is 9.25. The van der Waals surface area contributed by atoms with E-state index in [-0.39, 0.29) is 6.61 Å². The van der Waals surface area contributed by atoms with Crippen LogP contribution in [0.2, 0.25) is 0 Å². The van der Waals surface area contributed by atoms with Gasteiger partial charge < -0.3 is 35.2 Å². The fourth-order valence-corrected chi connectivity index (χ4v) is 3.17. The molecule has 5 atom stereocenters. The van der Waals surface area contributed by atoms with Gasteiger partial charge in [-0.1, -0.05) is 6.08 Å². The summed E-state index contributed by atoms with van der Waals surface area (Å²) in [6, 6.07) is -0.995. The summed E-state index contributed by atoms with van der Waals surface area (Å²) in [4.78, 5) is 27.0. The number of hydrogen-bond donors (Lipinski definition) is 5. The lowest BCUT2D eigenvalue weighted by Gasteiger charge is -2.39. The van der Waals surface area contributed by atoms with E-state index in [1.807, 2.05) is 5.38 Å². The maximum Gasteiger partial charge on any atom is 0.370 e. The molecule has 5 N–H and O–H groups in total. The molecule has 0 bridgehead atoms. The normalized spacial score (nSPS) is 24.3. The Morgan fingerprint density at radius 1 is 1.46 bits per heavy atom. The Kier molecular flexibility index (Phi) is 8.08. The average molecular weight is 414 g/mol. The average Bonchev–Trinajstić information content (AvgIpc) is 3.17. The maximum atomic E-state index is 11.6. The van der Waals surface area contributed by atoms with Gasteiger partial charge in [0.05, 0.1) is 19.3 Å². The number of nitrogens with zero attached hydrogens (tertiary/aromatic N) is 1. The number of aliphatic hydroxyl groups is 3. The third-order valence-corrected chi connectivity index (χ3v) is 4.62. The molecule has 1 aromatic rings. The second kappa shape index (κ2) is 10.3. The molecule has 10 nitrogen and oxygen atoms in total. The van der Waals surface area contributed by atoms with Crippen LogP contribution in [0.4, 0.5) is 0 Å². The van der Waals surface area contributed by atoms with Crippen LogP contribution >= 0.6 is 11.3 Å². The predicted octanol–water partition coefficient (Wildman–Crippen LogP) is -0.872. The number of thiazole rings is 1. The highest BCUT2D eigenvalue weighted by atomic mass is 32.1. The zero-order valence-electron chi connectivity index (χ0n) is 15.0. The molecule has 11 heteroatoms. The number of amides is 1. The van der Waals surface area contributed by atoms with Crippen molar-refractivity contribution in [2.45, 2.75) is 37.4 Å². The van der Waals surface area contributed by atoms with Gasteiger partial charge in [0.25, 0.3) is 0 Å². The van der Waals surface area contributed by atoms with Gasteiger partial charge in [0.1, 0.15) is 23.3 Å². The van der Waals surface area contributed by atoms with Crippen LogP contribution < -0.4 is 5.32 Å². The zero-order chi connectivity index (χ0) is 20.7. The quantitative estimate of drug-likeness (QED) is 0.346. The van der Waals surface area contributed by atoms with Crippen LogP contribution in [-0.4, -0.2) is 81.0 Å². The molecular formula is C17H22N2O8S. The molecule has 1 amide bonds. The number of aliphatic hydroxyl groups excluding tert-OH is 3. The minimum absolute atomic E-state index is 0.0646. The van der Waals surface area contributed by atoms with Crippen molar-refractivity contribution in [3.63, 3.8) is 0 Å². The number of carbonyl (C=O) groups excluding carboxylic acids is 1. The Labute approximate surface area is 164 Å². The van der Waals surface area contributed by atoms with Crippen LogP contribution in [0.15, 0.2) is 29.5 Å². The van der Waals surface area contributed by atoms with Crippen LogP contribution in [0.25, 0.3) is 6.08 Å². The van der Waals surface area contributed by atoms with E-state index in [4.69, 9.17) is 14.6 Å². The summed E-state index contributed by atoms with van der Waals surface area (Å²) in [5, 5.41) is 43.5. The van der Waals surface area contributed by atoms with Crippen molar-refractivity contribution in [2.75, 3.05) is 13.2 Å². The summed E-state index contributed by atoms with van der Waals surface area (Å²) >= 11 is 1.43. The highest BCUT2D eigenvalue weighted by molar-refractivity contribution is 7.10. The Balaban J connectivity index is 2.21. The van der Waals surface area contributed by atoms with E-state index < -0.39 is 54.7 Å². The van der Waals surface area contributed by atoms with E-state index in [1.165, 1.54) is 24.3 Å². The van der Waals surface area contributed by atoms with E-state index >= 15 is 0 Å². The van der Waals surface area contributed by atoms with Gasteiger partial charge in [-0.25, -0.2) is 9.78 Å². The highest BCUT2D eigenvalue weighted by Crippen LogP contribution is 2.25. The third-order valence-electron chi connectivity index (χ3n) is 3.88. The second-order valence-corrected chi connectivity index (χ2v) is 6.88. The van der Waals surface area contributed by atoms with Crippen LogP contribution in [0.5, 0.6) is 0 Å². The molecule has 2 heterocycles. The predicted molar refractivity (Wildman–Crippen MR) is 98.2 cm³/mol. The Hall–Kier alpha value is -2.31. The first-order valence-electron chi connectivity index (χ1n) is 8.37. The first-order chi connectivity index (χ1) is 13.3. The summed E-state index contributed by atoms with van der Waals surface area (Å²) in [6.07, 6.45) is 0.639. The van der Waals surface area contributed by atoms with E-state index in [0.717, 1.165) is 5.01 Å². The summed E-state index contributed by atoms with van der Waals surface area (Å²) in [7, 11) is 0. The summed E-state index contributed by atoms with van der Waals surface area (Å²) in [5.41, 5.74) is 0. The minimum atomic E-state index is -1.66. The van der Waals surface area contributed by atoms with Gasteiger partial charge in [0.15, 0.2) is 6.10 Å². The first kappa shape index (κ1) is 22.0. The lowest BCUT2D eigenvalue weighted by Crippen LogP contribution is -2.60. The molecule has 1 aromatic heterocycles. The van der Waals surface area contributed by atoms with Crippen LogP contribution in [0.3, 0.4) is 0 Å². The molecule has 0 aliphatic carbocycles. The van der Waals surface area contributed by atoms with Gasteiger partial charge in [-0.2, -0.15) is 0 Å². The lowest BCUT2D eigenvalue weighted by atomic mass is 9.93. The van der Waals surface area contributed by atoms with Crippen molar-refractivity contribution in [3.05, 3.63) is 34.5 Å². The fourth-order valence-electron chi connectivity index (χ4n) is 2.61. The summed E-state index contributed by atoms with van der Waals surface area (Å²) in [5.74, 6) is -2.36. The third kappa shape index (κ3) is 5.84. The van der Waals surface area contributed by atoms with E-state index in [2.05, 4.69) is 10.3 Å². The van der Waals surface area contributed by atoms with Gasteiger partial charge in [-0.3, -0.25) is 4.79 Å². The highest BCUT2D eigenvalue weighted by Gasteiger charge is 2.43. The zero-order valence-corrected chi connectivity index (χ0v) is 15.8. The van der Waals surface area contributed by atoms with Gasteiger partial charge in [-0.15, -0.1) is 11.3 Å². The Morgan fingerprint density at radius 2 is 2.21 bits per heavy atom. The molecular weight excluding hydrogens is 392 g/mol. The molecule has 1 aliphatic heterocycles. The van der Waals surface area contributed by atoms with Gasteiger partial charge in [0, 0.05) is 18.5 Å². The minimum Gasteiger partial charge on any atom is -0.478 e. The van der Waals surface area contributed by atoms with Gasteiger partial charge in [0.2, 0.25) is 11.7 Å². The topological polar surface area (TPSA) is 158 Å². The summed E-state index contributed by atoms with van der Waals surface area (Å²) < 4.78 is 10.9. The molecule has 0 radical (unpaired) electrons. The fraction of sp³-hybridized carbons (Fsp3) is 0.471. The van der Waals surface area contributed by atoms with E-state index in [9.17, 15) is 24.9 Å². The summed E-state index contributed by atoms with van der Waals surface area (Å²) in [6.45, 7) is 0.527. The number of carbonyl (C=O) groups is 2. The number of nitrogens with one attached hydrogen (secondary N) is 1. The van der Waals surface area contributed by atoms with E-state index in [0.29, 0.717) is 0 Å². The molecule has 0 aromatic carbocycles. The van der Waals surface area contributed by atoms with Crippen molar-refractivity contribution in [2.24, 2.45) is 0 Å². The molecule has 0 saturated heterocycles. The van der Waals surface area contributed by atoms with Crippen molar-refractivity contribution in [1.29, 1.82) is 0 Å². The second-order valence-electron chi connectivity index (χ2n) is 5.96. The molecule has 154 valence electrons. The molecule has 0 spiro atoms. The molecule has 4 unspecified atom stereocenters. The molecule has 28 heavy (non-hydrogen) atoms. The van der Waals surface area contributed by atoms with E-state index in [1.54, 1.807) is 18.3 Å². The van der Waals surface area contributed by atoms with Crippen LogP contribution in [0, 0.1) is 0 Å². The number of aliphatic carboxylic acids is 1. The smallest absolute Gasteiger partial charge is 0.370 e. The van der Waals surface area contributed by atoms with Crippen molar-refractivity contribution < 1.29 is 39.5 Å². The van der Waals surface area contributed by atoms with Crippen molar-refractivity contribution in [1.82, 2.24) is 10.3 Å².